The van der Waals surface area contributed by atoms with Crippen LogP contribution in [0, 0.1) is 5.92 Å². The van der Waals surface area contributed by atoms with Gasteiger partial charge in [-0.3, -0.25) is 14.2 Å². The fourth-order valence-corrected chi connectivity index (χ4v) is 4.65. The van der Waals surface area contributed by atoms with Crippen molar-refractivity contribution in [3.63, 3.8) is 0 Å². The Bertz CT molecular complexity index is 1310. The second-order valence-corrected chi connectivity index (χ2v) is 9.50. The molecule has 0 aliphatic heterocycles. The van der Waals surface area contributed by atoms with Gasteiger partial charge in [0.15, 0.2) is 0 Å². The number of benzene rings is 2. The van der Waals surface area contributed by atoms with Crippen molar-refractivity contribution in [1.82, 2.24) is 14.5 Å². The van der Waals surface area contributed by atoms with E-state index in [-0.39, 0.29) is 17.4 Å². The molecule has 32 heavy (non-hydrogen) atoms. The lowest BCUT2D eigenvalue weighted by molar-refractivity contribution is 0.0660. The van der Waals surface area contributed by atoms with Crippen molar-refractivity contribution in [3.8, 4) is 5.69 Å². The van der Waals surface area contributed by atoms with Gasteiger partial charge in [0.2, 0.25) is 0 Å². The van der Waals surface area contributed by atoms with E-state index in [1.807, 2.05) is 48.7 Å². The maximum Gasteiger partial charge on any atom is 0.266 e. The Balaban J connectivity index is 1.94. The Kier molecular flexibility index (Phi) is 6.44. The predicted molar refractivity (Wildman–Crippen MR) is 131 cm³/mol. The van der Waals surface area contributed by atoms with Crippen LogP contribution in [0.4, 0.5) is 0 Å². The Hall–Kier alpha value is -2.96. The second kappa shape index (κ2) is 9.27. The quantitative estimate of drug-likeness (QED) is 0.353. The van der Waals surface area contributed by atoms with Gasteiger partial charge in [-0.15, -0.1) is 11.3 Å². The number of rotatable bonds is 6. The van der Waals surface area contributed by atoms with Crippen molar-refractivity contribution in [2.24, 2.45) is 5.92 Å². The molecular formula is C25H24ClN3O2S. The average molecular weight is 466 g/mol. The molecular weight excluding hydrogens is 442 g/mol. The highest BCUT2D eigenvalue weighted by Gasteiger charge is 2.28. The van der Waals surface area contributed by atoms with Crippen LogP contribution in [0.15, 0.2) is 70.8 Å². The average Bonchev–Trinajstić information content (AvgIpc) is 3.31. The van der Waals surface area contributed by atoms with Crippen LogP contribution in [-0.2, 0) is 0 Å². The molecule has 164 valence electrons. The molecule has 7 heteroatoms. The van der Waals surface area contributed by atoms with Crippen LogP contribution < -0.4 is 5.56 Å². The van der Waals surface area contributed by atoms with Gasteiger partial charge in [-0.1, -0.05) is 49.7 Å². The molecule has 1 amide bonds. The minimum absolute atomic E-state index is 0.0683. The number of hydrogen-bond acceptors (Lipinski definition) is 4. The zero-order valence-corrected chi connectivity index (χ0v) is 19.7. The number of para-hydroxylation sites is 1. The molecule has 0 radical (unpaired) electrons. The molecule has 0 N–H and O–H groups in total. The lowest BCUT2D eigenvalue weighted by Crippen LogP contribution is -2.39. The largest absolute Gasteiger partial charge is 0.328 e. The third-order valence-corrected chi connectivity index (χ3v) is 6.36. The molecule has 2 aromatic carbocycles. The van der Waals surface area contributed by atoms with E-state index in [0.717, 1.165) is 0 Å². The number of hydrogen-bond donors (Lipinski definition) is 0. The lowest BCUT2D eigenvalue weighted by atomic mass is 10.1. The van der Waals surface area contributed by atoms with Crippen molar-refractivity contribution in [1.29, 1.82) is 0 Å². The molecule has 0 saturated heterocycles. The summed E-state index contributed by atoms with van der Waals surface area (Å²) in [4.78, 5) is 34.3. The highest BCUT2D eigenvalue weighted by Crippen LogP contribution is 2.27. The zero-order valence-electron chi connectivity index (χ0n) is 18.2. The summed E-state index contributed by atoms with van der Waals surface area (Å²) in [7, 11) is 0. The van der Waals surface area contributed by atoms with Gasteiger partial charge in [0.05, 0.1) is 27.5 Å². The molecule has 0 spiro atoms. The number of carbonyl (C=O) groups is 1. The monoisotopic (exact) mass is 465 g/mol. The van der Waals surface area contributed by atoms with E-state index >= 15 is 0 Å². The van der Waals surface area contributed by atoms with E-state index in [9.17, 15) is 9.59 Å². The van der Waals surface area contributed by atoms with Gasteiger partial charge in [0.25, 0.3) is 11.5 Å². The summed E-state index contributed by atoms with van der Waals surface area (Å²) in [6, 6.07) is 17.6. The highest BCUT2D eigenvalue weighted by atomic mass is 35.5. The summed E-state index contributed by atoms with van der Waals surface area (Å²) >= 11 is 7.66. The van der Waals surface area contributed by atoms with Gasteiger partial charge in [0.1, 0.15) is 5.82 Å². The van der Waals surface area contributed by atoms with Crippen molar-refractivity contribution < 1.29 is 4.79 Å². The summed E-state index contributed by atoms with van der Waals surface area (Å²) in [6.45, 7) is 6.60. The maximum atomic E-state index is 13.6. The van der Waals surface area contributed by atoms with Crippen molar-refractivity contribution >= 4 is 39.7 Å². The van der Waals surface area contributed by atoms with Crippen LogP contribution in [0.5, 0.6) is 0 Å². The zero-order chi connectivity index (χ0) is 22.8. The van der Waals surface area contributed by atoms with E-state index in [0.29, 0.717) is 38.9 Å². The summed E-state index contributed by atoms with van der Waals surface area (Å²) < 4.78 is 1.58. The first kappa shape index (κ1) is 22.2. The first-order chi connectivity index (χ1) is 15.4. The van der Waals surface area contributed by atoms with Gasteiger partial charge >= 0.3 is 0 Å². The number of carbonyl (C=O) groups excluding carboxylic acids is 1. The summed E-state index contributed by atoms with van der Waals surface area (Å²) in [5.41, 5.74) is 1.04. The van der Waals surface area contributed by atoms with Gasteiger partial charge < -0.3 is 4.90 Å². The lowest BCUT2D eigenvalue weighted by Gasteiger charge is -2.31. The van der Waals surface area contributed by atoms with E-state index in [4.69, 9.17) is 16.6 Å². The molecule has 0 bridgehead atoms. The molecule has 0 fully saturated rings. The second-order valence-electron chi connectivity index (χ2n) is 8.11. The van der Waals surface area contributed by atoms with Crippen molar-refractivity contribution in [2.75, 3.05) is 6.54 Å². The molecule has 4 aromatic rings. The fourth-order valence-electron chi connectivity index (χ4n) is 3.79. The molecule has 2 heterocycles. The number of halogens is 1. The molecule has 1 atom stereocenters. The normalized spacial score (nSPS) is 12.3. The minimum atomic E-state index is -0.441. The highest BCUT2D eigenvalue weighted by molar-refractivity contribution is 7.12. The van der Waals surface area contributed by atoms with E-state index in [2.05, 4.69) is 13.8 Å². The molecule has 2 aromatic heterocycles. The van der Waals surface area contributed by atoms with Gasteiger partial charge in [-0.05, 0) is 54.6 Å². The number of thiophene rings is 1. The van der Waals surface area contributed by atoms with Crippen molar-refractivity contribution in [3.05, 3.63) is 92.1 Å². The standard InChI is InChI=1S/C25H24ClN3O2S/c1-16(2)15-28(25(31)22-12-7-13-32-22)17(3)23-27-21-11-5-4-10-20(21)24(30)29(23)19-9-6-8-18(26)14-19/h4-14,16-17H,15H2,1-3H3. The number of fused-ring (bicyclic) bond motifs is 1. The molecule has 1 unspecified atom stereocenters. The van der Waals surface area contributed by atoms with Crippen LogP contribution in [0.2, 0.25) is 5.02 Å². The molecule has 5 nitrogen and oxygen atoms in total. The third kappa shape index (κ3) is 4.33. The Labute approximate surface area is 195 Å². The third-order valence-electron chi connectivity index (χ3n) is 5.26. The van der Waals surface area contributed by atoms with Crippen LogP contribution in [0.1, 0.15) is 42.3 Å². The van der Waals surface area contributed by atoms with E-state index < -0.39 is 6.04 Å². The minimum Gasteiger partial charge on any atom is -0.328 e. The van der Waals surface area contributed by atoms with E-state index in [1.165, 1.54) is 11.3 Å². The Morgan fingerprint density at radius 2 is 1.88 bits per heavy atom. The summed E-state index contributed by atoms with van der Waals surface area (Å²) in [5, 5.41) is 2.93. The van der Waals surface area contributed by atoms with Crippen LogP contribution >= 0.6 is 22.9 Å². The van der Waals surface area contributed by atoms with Crippen LogP contribution in [-0.4, -0.2) is 26.9 Å². The molecule has 0 saturated carbocycles. The van der Waals surface area contributed by atoms with Crippen molar-refractivity contribution in [2.45, 2.75) is 26.8 Å². The Morgan fingerprint density at radius 1 is 1.09 bits per heavy atom. The van der Waals surface area contributed by atoms with Gasteiger partial charge in [0, 0.05) is 11.6 Å². The smallest absolute Gasteiger partial charge is 0.266 e. The predicted octanol–water partition coefficient (Wildman–Crippen LogP) is 5.96. The van der Waals surface area contributed by atoms with Gasteiger partial charge in [-0.25, -0.2) is 4.98 Å². The van der Waals surface area contributed by atoms with Crippen LogP contribution in [0.25, 0.3) is 16.6 Å². The summed E-state index contributed by atoms with van der Waals surface area (Å²) in [5.74, 6) is 0.677. The van der Waals surface area contributed by atoms with E-state index in [1.54, 1.807) is 33.7 Å². The number of amides is 1. The fraction of sp³-hybridized carbons (Fsp3) is 0.240. The topological polar surface area (TPSA) is 55.2 Å². The first-order valence-corrected chi connectivity index (χ1v) is 11.7. The van der Waals surface area contributed by atoms with Gasteiger partial charge in [-0.2, -0.15) is 0 Å². The molecule has 0 aliphatic carbocycles. The summed E-state index contributed by atoms with van der Waals surface area (Å²) in [6.07, 6.45) is 0. The SMILES string of the molecule is CC(C)CN(C(=O)c1cccs1)C(C)c1nc2ccccc2c(=O)n1-c1cccc(Cl)c1. The number of aromatic nitrogens is 2. The molecule has 4 rings (SSSR count). The number of nitrogens with zero attached hydrogens (tertiary/aromatic N) is 3. The van der Waals surface area contributed by atoms with Crippen LogP contribution in [0.3, 0.4) is 0 Å². The first-order valence-electron chi connectivity index (χ1n) is 10.5. The maximum absolute atomic E-state index is 13.6. The Morgan fingerprint density at radius 3 is 2.56 bits per heavy atom. The molecule has 0 aliphatic rings.